The second-order valence-corrected chi connectivity index (χ2v) is 12.8. The SMILES string of the molecule is CCCc1c(OCCCCC/C=C\C=C\[C@@H](c2c(C(=O)OC)oc3c(c2=O)=CCC(=S)C=3)[C@@H](O)c2cccc(C(F)(F)F)c2)ccc(C(C)=O)c1O. The number of Topliss-reactive ketones (excluding diaryl/α,β-unsaturated/α-hetero) is 1. The summed E-state index contributed by atoms with van der Waals surface area (Å²) >= 11 is 5.23. The summed E-state index contributed by atoms with van der Waals surface area (Å²) in [5.74, 6) is -2.49. The van der Waals surface area contributed by atoms with Gasteiger partial charge < -0.3 is 24.1 Å². The number of halogens is 3. The Labute approximate surface area is 304 Å². The molecule has 0 amide bonds. The molecule has 0 saturated carbocycles. The van der Waals surface area contributed by atoms with Crippen LogP contribution in [-0.2, 0) is 17.3 Å². The van der Waals surface area contributed by atoms with Crippen LogP contribution in [0.4, 0.5) is 13.2 Å². The van der Waals surface area contributed by atoms with Crippen LogP contribution in [0.1, 0.15) is 108 Å². The van der Waals surface area contributed by atoms with E-state index in [-0.39, 0.29) is 45.3 Å². The Kier molecular flexibility index (Phi) is 13.9. The number of methoxy groups -OCH3 is 1. The van der Waals surface area contributed by atoms with Gasteiger partial charge in [-0.05, 0) is 74.9 Å². The predicted molar refractivity (Wildman–Crippen MR) is 195 cm³/mol. The Morgan fingerprint density at radius 2 is 1.88 bits per heavy atom. The lowest BCUT2D eigenvalue weighted by Crippen LogP contribution is -2.45. The van der Waals surface area contributed by atoms with Crippen molar-refractivity contribution in [2.75, 3.05) is 13.7 Å². The fourth-order valence-electron chi connectivity index (χ4n) is 5.91. The van der Waals surface area contributed by atoms with E-state index in [9.17, 15) is 37.8 Å². The van der Waals surface area contributed by atoms with E-state index in [4.69, 9.17) is 26.1 Å². The molecule has 0 unspecified atom stereocenters. The van der Waals surface area contributed by atoms with Crippen molar-refractivity contribution in [1.82, 2.24) is 0 Å². The topological polar surface area (TPSA) is 123 Å². The zero-order valence-corrected chi connectivity index (χ0v) is 29.9. The summed E-state index contributed by atoms with van der Waals surface area (Å²) < 4.78 is 57.3. The van der Waals surface area contributed by atoms with Gasteiger partial charge >= 0.3 is 12.1 Å². The largest absolute Gasteiger partial charge is 0.507 e. The molecule has 2 N–H and O–H groups in total. The maximum atomic E-state index is 13.9. The van der Waals surface area contributed by atoms with E-state index in [1.807, 2.05) is 13.0 Å². The number of allylic oxidation sites excluding steroid dienone is 3. The number of hydrogen-bond donors (Lipinski definition) is 2. The highest BCUT2D eigenvalue weighted by molar-refractivity contribution is 7.81. The van der Waals surface area contributed by atoms with Crippen LogP contribution < -0.4 is 20.8 Å². The maximum Gasteiger partial charge on any atom is 0.416 e. The number of aliphatic hydroxyl groups excluding tert-OH is 1. The van der Waals surface area contributed by atoms with Crippen molar-refractivity contribution >= 4 is 41.0 Å². The number of fused-ring (bicyclic) bond motifs is 1. The number of unbranched alkanes of at least 4 members (excludes halogenated alkanes) is 3. The number of aliphatic hydroxyl groups is 1. The van der Waals surface area contributed by atoms with Crippen LogP contribution in [0, 0.1) is 0 Å². The molecule has 0 spiro atoms. The van der Waals surface area contributed by atoms with Gasteiger partial charge in [-0.2, -0.15) is 13.2 Å². The van der Waals surface area contributed by atoms with Gasteiger partial charge in [0.1, 0.15) is 16.9 Å². The minimum atomic E-state index is -4.68. The molecule has 0 fully saturated rings. The normalized spacial score (nSPS) is 14.1. The number of rotatable bonds is 16. The Morgan fingerprint density at radius 3 is 2.58 bits per heavy atom. The molecule has 1 aliphatic carbocycles. The second kappa shape index (κ2) is 18.1. The fraction of sp³-hybridized carbons (Fsp3) is 0.350. The fourth-order valence-corrected chi connectivity index (χ4v) is 6.10. The second-order valence-electron chi connectivity index (χ2n) is 12.3. The molecule has 8 nitrogen and oxygen atoms in total. The molecule has 12 heteroatoms. The van der Waals surface area contributed by atoms with Gasteiger partial charge in [0, 0.05) is 22.8 Å². The van der Waals surface area contributed by atoms with E-state index in [1.165, 1.54) is 25.1 Å². The molecule has 0 aliphatic heterocycles. The Morgan fingerprint density at radius 1 is 1.12 bits per heavy atom. The number of phenols is 1. The molecule has 1 aromatic heterocycles. The van der Waals surface area contributed by atoms with Gasteiger partial charge in [0.05, 0.1) is 41.7 Å². The molecule has 0 saturated heterocycles. The lowest BCUT2D eigenvalue weighted by atomic mass is 9.86. The van der Waals surface area contributed by atoms with Crippen LogP contribution in [0.2, 0.25) is 0 Å². The lowest BCUT2D eigenvalue weighted by molar-refractivity contribution is -0.137. The zero-order valence-electron chi connectivity index (χ0n) is 29.1. The van der Waals surface area contributed by atoms with Crippen LogP contribution in [0.3, 0.4) is 0 Å². The van der Waals surface area contributed by atoms with Crippen LogP contribution in [0.15, 0.2) is 69.9 Å². The Balaban J connectivity index is 1.51. The Hall–Kier alpha value is -4.81. The number of carbonyl (C=O) groups is 2. The number of hydrogen-bond acceptors (Lipinski definition) is 9. The van der Waals surface area contributed by atoms with E-state index in [0.29, 0.717) is 35.6 Å². The van der Waals surface area contributed by atoms with Crippen LogP contribution in [0.25, 0.3) is 12.2 Å². The van der Waals surface area contributed by atoms with Crippen LogP contribution in [0.5, 0.6) is 11.5 Å². The molecule has 3 aromatic rings. The van der Waals surface area contributed by atoms with Crippen molar-refractivity contribution in [2.45, 2.75) is 77.0 Å². The molecule has 1 aliphatic rings. The molecule has 52 heavy (non-hydrogen) atoms. The minimum Gasteiger partial charge on any atom is -0.507 e. The van der Waals surface area contributed by atoms with Crippen molar-refractivity contribution in [1.29, 1.82) is 0 Å². The van der Waals surface area contributed by atoms with E-state index >= 15 is 0 Å². The van der Waals surface area contributed by atoms with Gasteiger partial charge in [-0.15, -0.1) is 0 Å². The standard InChI is InChI=1S/C40H41F3O8S/c1-4-13-29-32(20-19-28(24(2)44)36(29)46)50-21-11-9-7-5-6-8-10-16-31(35(45)25-14-12-15-26(22-25)40(41,42)43)34-37(47)30-18-17-27(52)23-33(30)51-38(34)39(48)49-3/h6,8,10,12,14-16,18-20,22-23,31,35,45-46H,4-5,7,9,11,13,17,21H2,1-3H3/b8-6-,16-10+/t31-,35-/m0/s1. The molecule has 276 valence electrons. The van der Waals surface area contributed by atoms with E-state index in [1.54, 1.807) is 30.4 Å². The number of esters is 1. The summed E-state index contributed by atoms with van der Waals surface area (Å²) in [6.45, 7) is 3.80. The summed E-state index contributed by atoms with van der Waals surface area (Å²) in [4.78, 5) is 39.1. The first-order valence-electron chi connectivity index (χ1n) is 17.0. The van der Waals surface area contributed by atoms with E-state index < -0.39 is 40.9 Å². The van der Waals surface area contributed by atoms with E-state index in [2.05, 4.69) is 0 Å². The van der Waals surface area contributed by atoms with Crippen LogP contribution >= 0.6 is 12.2 Å². The van der Waals surface area contributed by atoms with Crippen molar-refractivity contribution in [3.05, 3.63) is 115 Å². The minimum absolute atomic E-state index is 0.0369. The molecule has 0 radical (unpaired) electrons. The zero-order chi connectivity index (χ0) is 38.0. The number of thiocarbonyl (C=S) groups is 1. The third-order valence-corrected chi connectivity index (χ3v) is 8.85. The number of ketones is 1. The summed E-state index contributed by atoms with van der Waals surface area (Å²) in [6, 6.07) is 7.42. The molecule has 0 bridgehead atoms. The number of aromatic hydroxyl groups is 1. The highest BCUT2D eigenvalue weighted by atomic mass is 32.1. The molecule has 1 heterocycles. The summed E-state index contributed by atoms with van der Waals surface area (Å²) in [7, 11) is 1.09. The van der Waals surface area contributed by atoms with Gasteiger partial charge in [-0.1, -0.05) is 68.1 Å². The summed E-state index contributed by atoms with van der Waals surface area (Å²) in [6.07, 6.45) is 7.84. The monoisotopic (exact) mass is 738 g/mol. The highest BCUT2D eigenvalue weighted by Crippen LogP contribution is 2.36. The average Bonchev–Trinajstić information content (AvgIpc) is 3.11. The quantitative estimate of drug-likeness (QED) is 0.0516. The number of ether oxygens (including phenoxy) is 2. The number of carbonyl (C=O) groups excluding carboxylic acids is 2. The van der Waals surface area contributed by atoms with Gasteiger partial charge in [0.25, 0.3) is 0 Å². The summed E-state index contributed by atoms with van der Waals surface area (Å²) in [5, 5.41) is 22.2. The van der Waals surface area contributed by atoms with Gasteiger partial charge in [0.15, 0.2) is 11.2 Å². The third-order valence-electron chi connectivity index (χ3n) is 8.57. The maximum absolute atomic E-state index is 13.9. The number of phenolic OH excluding ortho intramolecular Hbond substituents is 1. The third kappa shape index (κ3) is 9.74. The molecular weight excluding hydrogens is 697 g/mol. The first kappa shape index (κ1) is 40.0. The molecule has 4 rings (SSSR count). The van der Waals surface area contributed by atoms with Crippen molar-refractivity contribution in [3.63, 3.8) is 0 Å². The summed E-state index contributed by atoms with van der Waals surface area (Å²) in [5.41, 5.74) is -1.06. The first-order valence-corrected chi connectivity index (χ1v) is 17.4. The first-order chi connectivity index (χ1) is 24.8. The van der Waals surface area contributed by atoms with E-state index in [0.717, 1.165) is 51.0 Å². The van der Waals surface area contributed by atoms with Crippen molar-refractivity contribution < 1.29 is 46.9 Å². The molecule has 2 aromatic carbocycles. The molecule has 2 atom stereocenters. The van der Waals surface area contributed by atoms with Crippen molar-refractivity contribution in [3.8, 4) is 11.5 Å². The van der Waals surface area contributed by atoms with Gasteiger partial charge in [0.2, 0.25) is 5.76 Å². The van der Waals surface area contributed by atoms with Gasteiger partial charge in [-0.25, -0.2) is 4.79 Å². The Bertz CT molecular complexity index is 2040. The number of alkyl halides is 3. The van der Waals surface area contributed by atoms with Gasteiger partial charge in [-0.3, -0.25) is 9.59 Å². The van der Waals surface area contributed by atoms with Crippen LogP contribution in [-0.4, -0.2) is 40.5 Å². The highest BCUT2D eigenvalue weighted by Gasteiger charge is 2.34. The predicted octanol–water partition coefficient (Wildman–Crippen LogP) is 7.21. The average molecular weight is 739 g/mol. The van der Waals surface area contributed by atoms with Crippen molar-refractivity contribution in [2.24, 2.45) is 0 Å². The smallest absolute Gasteiger partial charge is 0.416 e. The number of benzene rings is 2. The lowest BCUT2D eigenvalue weighted by Gasteiger charge is -2.22. The molecular formula is C40H41F3O8S.